The van der Waals surface area contributed by atoms with E-state index in [9.17, 15) is 4.79 Å². The molecular formula is C21H21N3O4. The number of anilines is 1. The number of hydrogen-bond donors (Lipinski definition) is 1. The Hall–Kier alpha value is -3.61. The third-order valence-electron chi connectivity index (χ3n) is 3.88. The van der Waals surface area contributed by atoms with E-state index in [1.165, 1.54) is 0 Å². The zero-order valence-corrected chi connectivity index (χ0v) is 15.9. The normalized spacial score (nSPS) is 10.2. The second kappa shape index (κ2) is 8.85. The van der Waals surface area contributed by atoms with Crippen molar-refractivity contribution in [2.45, 2.75) is 13.8 Å². The number of amides is 1. The van der Waals surface area contributed by atoms with Gasteiger partial charge in [-0.05, 0) is 38.1 Å². The van der Waals surface area contributed by atoms with Crippen LogP contribution in [0.25, 0.3) is 0 Å². The molecule has 0 fully saturated rings. The summed E-state index contributed by atoms with van der Waals surface area (Å²) in [5.74, 6) is 1.54. The fourth-order valence-corrected chi connectivity index (χ4v) is 2.52. The Kier molecular flexibility index (Phi) is 6.06. The van der Waals surface area contributed by atoms with Crippen molar-refractivity contribution in [3.05, 3.63) is 66.0 Å². The lowest BCUT2D eigenvalue weighted by molar-refractivity contribution is -0.118. The first kappa shape index (κ1) is 19.2. The topological polar surface area (TPSA) is 82.6 Å². The number of carbonyl (C=O) groups excluding carboxylic acids is 1. The number of carbonyl (C=O) groups is 1. The molecule has 1 heterocycles. The van der Waals surface area contributed by atoms with Crippen LogP contribution in [0.15, 0.2) is 54.6 Å². The monoisotopic (exact) mass is 379 g/mol. The number of para-hydroxylation sites is 1. The highest BCUT2D eigenvalue weighted by atomic mass is 16.5. The van der Waals surface area contributed by atoms with E-state index in [1.54, 1.807) is 45.2 Å². The number of hydrogen-bond acceptors (Lipinski definition) is 6. The lowest BCUT2D eigenvalue weighted by atomic mass is 10.3. The van der Waals surface area contributed by atoms with Gasteiger partial charge < -0.3 is 19.5 Å². The van der Waals surface area contributed by atoms with Crippen molar-refractivity contribution in [3.63, 3.8) is 0 Å². The van der Waals surface area contributed by atoms with Crippen molar-refractivity contribution >= 4 is 11.6 Å². The molecule has 1 aromatic heterocycles. The average Bonchev–Trinajstić information content (AvgIpc) is 2.70. The Balaban J connectivity index is 1.63. The number of methoxy groups -OCH3 is 1. The maximum absolute atomic E-state index is 12.3. The first-order valence-corrected chi connectivity index (χ1v) is 8.70. The molecule has 0 radical (unpaired) electrons. The van der Waals surface area contributed by atoms with E-state index in [1.807, 2.05) is 30.3 Å². The quantitative estimate of drug-likeness (QED) is 0.670. The Bertz CT molecular complexity index is 938. The van der Waals surface area contributed by atoms with Crippen molar-refractivity contribution in [1.82, 2.24) is 9.97 Å². The molecular weight excluding hydrogens is 358 g/mol. The van der Waals surface area contributed by atoms with Gasteiger partial charge in [0.1, 0.15) is 17.2 Å². The average molecular weight is 379 g/mol. The first-order chi connectivity index (χ1) is 13.5. The minimum absolute atomic E-state index is 0.145. The van der Waals surface area contributed by atoms with Crippen LogP contribution < -0.4 is 19.5 Å². The summed E-state index contributed by atoms with van der Waals surface area (Å²) in [6, 6.07) is 16.6. The highest BCUT2D eigenvalue weighted by molar-refractivity contribution is 5.92. The number of nitrogens with zero attached hydrogens (tertiary/aromatic N) is 2. The second-order valence-electron chi connectivity index (χ2n) is 5.98. The second-order valence-corrected chi connectivity index (χ2v) is 5.98. The zero-order chi connectivity index (χ0) is 19.9. The Morgan fingerprint density at radius 3 is 2.25 bits per heavy atom. The van der Waals surface area contributed by atoms with Gasteiger partial charge in [-0.2, -0.15) is 9.97 Å². The van der Waals surface area contributed by atoms with Crippen LogP contribution >= 0.6 is 0 Å². The third kappa shape index (κ3) is 4.97. The van der Waals surface area contributed by atoms with Gasteiger partial charge in [0, 0.05) is 6.07 Å². The highest BCUT2D eigenvalue weighted by Crippen LogP contribution is 2.23. The molecule has 0 aliphatic carbocycles. The lowest BCUT2D eigenvalue weighted by Crippen LogP contribution is -2.22. The van der Waals surface area contributed by atoms with Crippen LogP contribution in [0.5, 0.6) is 23.3 Å². The molecule has 144 valence electrons. The number of aryl methyl sites for hydroxylation is 2. The van der Waals surface area contributed by atoms with Gasteiger partial charge in [-0.15, -0.1) is 0 Å². The summed E-state index contributed by atoms with van der Waals surface area (Å²) in [4.78, 5) is 20.9. The van der Waals surface area contributed by atoms with Gasteiger partial charge >= 0.3 is 6.01 Å². The minimum Gasteiger partial charge on any atom is -0.497 e. The lowest BCUT2D eigenvalue weighted by Gasteiger charge is -2.13. The molecule has 2 aromatic carbocycles. The SMILES string of the molecule is COc1cccc(OCC(=O)Nc2c(C)nc(Oc3ccccc3)nc2C)c1. The molecule has 0 saturated heterocycles. The van der Waals surface area contributed by atoms with Crippen molar-refractivity contribution < 1.29 is 19.0 Å². The largest absolute Gasteiger partial charge is 0.497 e. The van der Waals surface area contributed by atoms with Crippen molar-refractivity contribution in [1.29, 1.82) is 0 Å². The molecule has 7 nitrogen and oxygen atoms in total. The Labute approximate surface area is 163 Å². The molecule has 7 heteroatoms. The number of rotatable bonds is 7. The van der Waals surface area contributed by atoms with Crippen molar-refractivity contribution in [3.8, 4) is 23.3 Å². The van der Waals surface area contributed by atoms with Crippen LogP contribution in [0.1, 0.15) is 11.4 Å². The molecule has 0 bridgehead atoms. The van der Waals surface area contributed by atoms with Gasteiger partial charge in [-0.3, -0.25) is 4.79 Å². The van der Waals surface area contributed by atoms with Gasteiger partial charge in [-0.1, -0.05) is 24.3 Å². The predicted molar refractivity (Wildman–Crippen MR) is 105 cm³/mol. The molecule has 0 aliphatic rings. The maximum atomic E-state index is 12.3. The maximum Gasteiger partial charge on any atom is 0.322 e. The number of ether oxygens (including phenoxy) is 3. The summed E-state index contributed by atoms with van der Waals surface area (Å²) in [5.41, 5.74) is 1.75. The minimum atomic E-state index is -0.311. The number of aromatic nitrogens is 2. The van der Waals surface area contributed by atoms with Gasteiger partial charge in [0.15, 0.2) is 6.61 Å². The summed E-state index contributed by atoms with van der Waals surface area (Å²) in [5, 5.41) is 2.79. The molecule has 1 N–H and O–H groups in total. The van der Waals surface area contributed by atoms with Crippen LogP contribution in [-0.4, -0.2) is 29.6 Å². The summed E-state index contributed by atoms with van der Waals surface area (Å²) in [6.45, 7) is 3.42. The fourth-order valence-electron chi connectivity index (χ4n) is 2.52. The summed E-state index contributed by atoms with van der Waals surface area (Å²) < 4.78 is 16.3. The van der Waals surface area contributed by atoms with E-state index in [0.29, 0.717) is 34.3 Å². The molecule has 0 spiro atoms. The van der Waals surface area contributed by atoms with Gasteiger partial charge in [-0.25, -0.2) is 0 Å². The molecule has 0 aliphatic heterocycles. The predicted octanol–water partition coefficient (Wildman–Crippen LogP) is 3.91. The molecule has 1 amide bonds. The molecule has 3 aromatic rings. The van der Waals surface area contributed by atoms with E-state index in [4.69, 9.17) is 14.2 Å². The molecule has 28 heavy (non-hydrogen) atoms. The van der Waals surface area contributed by atoms with E-state index in [2.05, 4.69) is 15.3 Å². The van der Waals surface area contributed by atoms with Crippen LogP contribution in [-0.2, 0) is 4.79 Å². The summed E-state index contributed by atoms with van der Waals surface area (Å²) in [7, 11) is 1.57. The molecule has 0 saturated carbocycles. The van der Waals surface area contributed by atoms with Crippen LogP contribution in [0.4, 0.5) is 5.69 Å². The van der Waals surface area contributed by atoms with Crippen molar-refractivity contribution in [2.75, 3.05) is 19.0 Å². The van der Waals surface area contributed by atoms with Gasteiger partial charge in [0.2, 0.25) is 0 Å². The molecule has 3 rings (SSSR count). The molecule has 0 unspecified atom stereocenters. The summed E-state index contributed by atoms with van der Waals surface area (Å²) >= 11 is 0. The van der Waals surface area contributed by atoms with Crippen LogP contribution in [0.2, 0.25) is 0 Å². The standard InChI is InChI=1S/C21H21N3O4/c1-14-20(15(2)23-21(22-14)28-16-8-5-4-6-9-16)24-19(25)13-27-18-11-7-10-17(12-18)26-3/h4-12H,13H2,1-3H3,(H,24,25). The highest BCUT2D eigenvalue weighted by Gasteiger charge is 2.13. The van der Waals surface area contributed by atoms with Gasteiger partial charge in [0.25, 0.3) is 5.91 Å². The zero-order valence-electron chi connectivity index (χ0n) is 15.9. The van der Waals surface area contributed by atoms with E-state index < -0.39 is 0 Å². The van der Waals surface area contributed by atoms with Crippen LogP contribution in [0, 0.1) is 13.8 Å². The first-order valence-electron chi connectivity index (χ1n) is 8.70. The summed E-state index contributed by atoms with van der Waals surface area (Å²) in [6.07, 6.45) is 0. The fraction of sp³-hybridized carbons (Fsp3) is 0.190. The van der Waals surface area contributed by atoms with Gasteiger partial charge in [0.05, 0.1) is 24.2 Å². The van der Waals surface area contributed by atoms with Crippen molar-refractivity contribution in [2.24, 2.45) is 0 Å². The third-order valence-corrected chi connectivity index (χ3v) is 3.88. The van der Waals surface area contributed by atoms with E-state index >= 15 is 0 Å². The van der Waals surface area contributed by atoms with E-state index in [0.717, 1.165) is 0 Å². The smallest absolute Gasteiger partial charge is 0.322 e. The Morgan fingerprint density at radius 1 is 0.929 bits per heavy atom. The van der Waals surface area contributed by atoms with Crippen LogP contribution in [0.3, 0.4) is 0 Å². The molecule has 0 atom stereocenters. The number of nitrogens with one attached hydrogen (secondary N) is 1. The number of benzene rings is 2. The Morgan fingerprint density at radius 2 is 1.57 bits per heavy atom. The van der Waals surface area contributed by atoms with E-state index in [-0.39, 0.29) is 18.5 Å².